The lowest BCUT2D eigenvalue weighted by molar-refractivity contribution is -0.385. The lowest BCUT2D eigenvalue weighted by atomic mass is 10.1. The number of hydrogen-bond donors (Lipinski definition) is 0. The molecule has 0 radical (unpaired) electrons. The van der Waals surface area contributed by atoms with Crippen molar-refractivity contribution in [1.29, 1.82) is 0 Å². The van der Waals surface area contributed by atoms with E-state index in [0.717, 1.165) is 10.4 Å². The lowest BCUT2D eigenvalue weighted by Crippen LogP contribution is -2.31. The van der Waals surface area contributed by atoms with E-state index >= 15 is 0 Å². The maximum atomic E-state index is 13.3. The van der Waals surface area contributed by atoms with Gasteiger partial charge in [0.05, 0.1) is 18.1 Å². The molecule has 0 saturated carbocycles. The van der Waals surface area contributed by atoms with Crippen LogP contribution in [0.2, 0.25) is 0 Å². The van der Waals surface area contributed by atoms with Gasteiger partial charge >= 0.3 is 0 Å². The molecule has 2 aromatic carbocycles. The molecular formula is C24H24N2O7S. The Hall–Kier alpha value is -3.79. The van der Waals surface area contributed by atoms with E-state index in [4.69, 9.17) is 18.9 Å². The number of nitrogens with zero attached hydrogens (tertiary/aromatic N) is 2. The third-order valence-electron chi connectivity index (χ3n) is 5.31. The zero-order valence-electron chi connectivity index (χ0n) is 18.8. The van der Waals surface area contributed by atoms with Crippen LogP contribution in [0.15, 0.2) is 47.8 Å². The number of amides is 1. The molecule has 4 rings (SSSR count). The van der Waals surface area contributed by atoms with Gasteiger partial charge in [-0.15, -0.1) is 11.3 Å². The van der Waals surface area contributed by atoms with Crippen LogP contribution >= 0.6 is 11.3 Å². The first-order chi connectivity index (χ1) is 16.5. The average Bonchev–Trinajstić information content (AvgIpc) is 3.38. The SMILES string of the molecule is CCN(Cc1ccc(OCc2cccs2)c(OC)c1)C(=O)c1cc2c(cc1[N+](=O)[O-])OCCO2. The Kier molecular flexibility index (Phi) is 7.17. The average molecular weight is 485 g/mol. The van der Waals surface area contributed by atoms with E-state index in [1.807, 2.05) is 30.5 Å². The number of methoxy groups -OCH3 is 1. The van der Waals surface area contributed by atoms with E-state index in [2.05, 4.69) is 0 Å². The van der Waals surface area contributed by atoms with Gasteiger partial charge in [-0.05, 0) is 36.1 Å². The molecule has 0 atom stereocenters. The van der Waals surface area contributed by atoms with Gasteiger partial charge in [0, 0.05) is 24.0 Å². The highest BCUT2D eigenvalue weighted by Crippen LogP contribution is 2.37. The smallest absolute Gasteiger partial charge is 0.286 e. The Labute approximate surface area is 200 Å². The lowest BCUT2D eigenvalue weighted by Gasteiger charge is -2.23. The number of benzene rings is 2. The molecule has 0 unspecified atom stereocenters. The predicted octanol–water partition coefficient (Wildman–Crippen LogP) is 4.68. The summed E-state index contributed by atoms with van der Waals surface area (Å²) >= 11 is 1.61. The van der Waals surface area contributed by atoms with Gasteiger partial charge in [0.25, 0.3) is 11.6 Å². The Morgan fingerprint density at radius 2 is 1.91 bits per heavy atom. The summed E-state index contributed by atoms with van der Waals surface area (Å²) in [5.41, 5.74) is 0.442. The van der Waals surface area contributed by atoms with Crippen molar-refractivity contribution in [3.63, 3.8) is 0 Å². The van der Waals surface area contributed by atoms with E-state index in [0.29, 0.717) is 43.6 Å². The summed E-state index contributed by atoms with van der Waals surface area (Å²) in [6, 6.07) is 12.0. The van der Waals surface area contributed by atoms with Gasteiger partial charge in [-0.1, -0.05) is 12.1 Å². The third kappa shape index (κ3) is 5.07. The summed E-state index contributed by atoms with van der Waals surface area (Å²) in [5, 5.41) is 13.6. The zero-order valence-corrected chi connectivity index (χ0v) is 19.6. The summed E-state index contributed by atoms with van der Waals surface area (Å²) in [5.74, 6) is 1.26. The van der Waals surface area contributed by atoms with E-state index < -0.39 is 10.8 Å². The molecule has 34 heavy (non-hydrogen) atoms. The summed E-state index contributed by atoms with van der Waals surface area (Å²) in [4.78, 5) is 27.0. The maximum absolute atomic E-state index is 13.3. The van der Waals surface area contributed by atoms with Gasteiger partial charge < -0.3 is 23.8 Å². The van der Waals surface area contributed by atoms with E-state index in [9.17, 15) is 14.9 Å². The van der Waals surface area contributed by atoms with Crippen molar-refractivity contribution in [3.05, 3.63) is 74.0 Å². The molecule has 0 spiro atoms. The second kappa shape index (κ2) is 10.4. The van der Waals surface area contributed by atoms with Gasteiger partial charge in [0.2, 0.25) is 0 Å². The van der Waals surface area contributed by atoms with Crippen molar-refractivity contribution < 1.29 is 28.7 Å². The van der Waals surface area contributed by atoms with Crippen molar-refractivity contribution in [2.45, 2.75) is 20.1 Å². The molecule has 1 aliphatic rings. The van der Waals surface area contributed by atoms with Crippen LogP contribution in [0.4, 0.5) is 5.69 Å². The number of ether oxygens (including phenoxy) is 4. The first kappa shape index (κ1) is 23.4. The second-order valence-corrected chi connectivity index (χ2v) is 8.47. The highest BCUT2D eigenvalue weighted by molar-refractivity contribution is 7.09. The highest BCUT2D eigenvalue weighted by Gasteiger charge is 2.29. The van der Waals surface area contributed by atoms with Crippen LogP contribution in [-0.2, 0) is 13.2 Å². The fourth-order valence-corrected chi connectivity index (χ4v) is 4.21. The van der Waals surface area contributed by atoms with Crippen LogP contribution in [0, 0.1) is 10.1 Å². The standard InChI is InChI=1S/C24H24N2O7S/c1-3-25(24(27)18-12-22-23(32-9-8-31-22)13-19(18)26(28)29)14-16-6-7-20(21(11-16)30-2)33-15-17-5-4-10-34-17/h4-7,10-13H,3,8-9,14-15H2,1-2H3. The molecule has 0 bridgehead atoms. The molecule has 1 aliphatic heterocycles. The van der Waals surface area contributed by atoms with Crippen LogP contribution in [-0.4, -0.2) is 42.6 Å². The maximum Gasteiger partial charge on any atom is 0.286 e. The molecule has 178 valence electrons. The Morgan fingerprint density at radius 3 is 2.56 bits per heavy atom. The molecule has 9 nitrogen and oxygen atoms in total. The third-order valence-corrected chi connectivity index (χ3v) is 6.16. The van der Waals surface area contributed by atoms with Crippen molar-refractivity contribution in [2.24, 2.45) is 0 Å². The number of carbonyl (C=O) groups is 1. The fourth-order valence-electron chi connectivity index (χ4n) is 3.59. The number of fused-ring (bicyclic) bond motifs is 1. The van der Waals surface area contributed by atoms with Crippen LogP contribution in [0.25, 0.3) is 0 Å². The molecule has 3 aromatic rings. The van der Waals surface area contributed by atoms with Crippen LogP contribution in [0.5, 0.6) is 23.0 Å². The monoisotopic (exact) mass is 484 g/mol. The Bertz CT molecular complexity index is 1180. The molecule has 10 heteroatoms. The Morgan fingerprint density at radius 1 is 1.15 bits per heavy atom. The minimum Gasteiger partial charge on any atom is -0.493 e. The molecule has 0 aliphatic carbocycles. The number of thiophene rings is 1. The first-order valence-electron chi connectivity index (χ1n) is 10.7. The Balaban J connectivity index is 1.55. The van der Waals surface area contributed by atoms with Crippen LogP contribution < -0.4 is 18.9 Å². The number of carbonyl (C=O) groups excluding carboxylic acids is 1. The molecule has 1 aromatic heterocycles. The van der Waals surface area contributed by atoms with Gasteiger partial charge in [-0.2, -0.15) is 0 Å². The minimum absolute atomic E-state index is 0.0426. The van der Waals surface area contributed by atoms with Crippen molar-refractivity contribution in [3.8, 4) is 23.0 Å². The summed E-state index contributed by atoms with van der Waals surface area (Å²) in [6.07, 6.45) is 0. The molecule has 0 N–H and O–H groups in total. The number of nitro benzene ring substituents is 1. The van der Waals surface area contributed by atoms with Crippen molar-refractivity contribution in [1.82, 2.24) is 4.90 Å². The molecule has 0 saturated heterocycles. The van der Waals surface area contributed by atoms with Crippen molar-refractivity contribution >= 4 is 22.9 Å². The first-order valence-corrected chi connectivity index (χ1v) is 11.6. The predicted molar refractivity (Wildman–Crippen MR) is 126 cm³/mol. The topological polar surface area (TPSA) is 100 Å². The normalized spacial score (nSPS) is 12.2. The molecular weight excluding hydrogens is 460 g/mol. The van der Waals surface area contributed by atoms with Gasteiger partial charge in [-0.3, -0.25) is 14.9 Å². The number of nitro groups is 1. The van der Waals surface area contributed by atoms with Crippen LogP contribution in [0.1, 0.15) is 27.7 Å². The summed E-state index contributed by atoms with van der Waals surface area (Å²) < 4.78 is 22.3. The number of hydrogen-bond acceptors (Lipinski definition) is 8. The zero-order chi connectivity index (χ0) is 24.1. The summed E-state index contributed by atoms with van der Waals surface area (Å²) in [7, 11) is 1.55. The molecule has 0 fully saturated rings. The number of rotatable bonds is 9. The summed E-state index contributed by atoms with van der Waals surface area (Å²) in [6.45, 7) is 3.45. The van der Waals surface area contributed by atoms with Crippen LogP contribution in [0.3, 0.4) is 0 Å². The highest BCUT2D eigenvalue weighted by atomic mass is 32.1. The molecule has 1 amide bonds. The minimum atomic E-state index is -0.581. The molecule has 2 heterocycles. The quantitative estimate of drug-likeness (QED) is 0.321. The van der Waals surface area contributed by atoms with E-state index in [-0.39, 0.29) is 23.5 Å². The van der Waals surface area contributed by atoms with E-state index in [1.54, 1.807) is 30.6 Å². The van der Waals surface area contributed by atoms with E-state index in [1.165, 1.54) is 17.0 Å². The second-order valence-electron chi connectivity index (χ2n) is 7.44. The van der Waals surface area contributed by atoms with Gasteiger partial charge in [0.1, 0.15) is 25.4 Å². The largest absolute Gasteiger partial charge is 0.493 e. The fraction of sp³-hybridized carbons (Fsp3) is 0.292. The van der Waals surface area contributed by atoms with Gasteiger partial charge in [0.15, 0.2) is 23.0 Å². The van der Waals surface area contributed by atoms with Gasteiger partial charge in [-0.25, -0.2) is 0 Å². The van der Waals surface area contributed by atoms with Crippen molar-refractivity contribution in [2.75, 3.05) is 26.9 Å².